The van der Waals surface area contributed by atoms with Crippen molar-refractivity contribution in [3.05, 3.63) is 54.5 Å². The van der Waals surface area contributed by atoms with Crippen LogP contribution in [0.2, 0.25) is 0 Å². The van der Waals surface area contributed by atoms with Gasteiger partial charge in [-0.3, -0.25) is 18.7 Å². The van der Waals surface area contributed by atoms with Crippen molar-refractivity contribution in [2.75, 3.05) is 30.8 Å². The molecule has 1 fully saturated rings. The third-order valence-electron chi connectivity index (χ3n) is 7.34. The van der Waals surface area contributed by atoms with Gasteiger partial charge in [-0.2, -0.15) is 23.3 Å². The van der Waals surface area contributed by atoms with Gasteiger partial charge in [0.15, 0.2) is 5.65 Å². The van der Waals surface area contributed by atoms with E-state index in [1.165, 1.54) is 18.5 Å². The molecule has 5 rings (SSSR count). The Kier molecular flexibility index (Phi) is 8.88. The molecule has 0 unspecified atom stereocenters. The van der Waals surface area contributed by atoms with Crippen LogP contribution in [-0.2, 0) is 23.3 Å². The Bertz CT molecular complexity index is 1750. The summed E-state index contributed by atoms with van der Waals surface area (Å²) < 4.78 is 64.8. The Morgan fingerprint density at radius 3 is 2.61 bits per heavy atom. The Hall–Kier alpha value is -4.80. The number of imidazole rings is 1. The number of hydrogen-bond acceptors (Lipinski definition) is 9. The zero-order valence-corrected chi connectivity index (χ0v) is 25.7. The number of nitrogens with one attached hydrogen (secondary N) is 3. The molecule has 46 heavy (non-hydrogen) atoms. The number of rotatable bonds is 9. The largest absolute Gasteiger partial charge is 0.394 e. The number of halogens is 4. The highest BCUT2D eigenvalue weighted by molar-refractivity contribution is 5.99. The highest BCUT2D eigenvalue weighted by Crippen LogP contribution is 2.34. The molecular weight excluding hydrogens is 612 g/mol. The number of amides is 2. The maximum absolute atomic E-state index is 15.0. The summed E-state index contributed by atoms with van der Waals surface area (Å²) in [5.41, 5.74) is -0.264. The maximum atomic E-state index is 15.0. The van der Waals surface area contributed by atoms with E-state index in [0.717, 1.165) is 10.5 Å². The van der Waals surface area contributed by atoms with Crippen LogP contribution in [0.3, 0.4) is 0 Å². The molecule has 1 aliphatic heterocycles. The Morgan fingerprint density at radius 2 is 1.96 bits per heavy atom. The van der Waals surface area contributed by atoms with Gasteiger partial charge in [-0.25, -0.2) is 9.37 Å². The van der Waals surface area contributed by atoms with E-state index >= 15 is 0 Å². The summed E-state index contributed by atoms with van der Waals surface area (Å²) >= 11 is 0. The Morgan fingerprint density at radius 1 is 1.20 bits per heavy atom. The molecule has 0 aromatic carbocycles. The minimum atomic E-state index is -4.67. The quantitative estimate of drug-likeness (QED) is 0.182. The number of piperidine rings is 1. The molecule has 0 aliphatic carbocycles. The fourth-order valence-corrected chi connectivity index (χ4v) is 5.00. The summed E-state index contributed by atoms with van der Waals surface area (Å²) in [6.45, 7) is 9.75. The number of alkyl halides is 4. The van der Waals surface area contributed by atoms with Crippen molar-refractivity contribution < 1.29 is 31.7 Å². The number of hydrogen-bond donors (Lipinski definition) is 3. The Labute approximate surface area is 261 Å². The lowest BCUT2D eigenvalue weighted by atomic mass is 10.0. The standard InChI is InChI=1S/C29H34F4N10O3/c1-6-22(44)36-17-9-20(37-19-7-8-41(5)15-18(19)30)26-39-24(21(42(26)14-17)10-29(31,32)33)25-38-23(46-40-25)12-34-27(45)16-11-35-43(13-16)28(2,3)4/h6,9,11,13-14,18-19,37H,1,7-8,10,12,15H2,2-5H3,(H,34,45)(H,36,44)/t18-,19+/m0/s1. The maximum Gasteiger partial charge on any atom is 0.394 e. The van der Waals surface area contributed by atoms with Crippen LogP contribution < -0.4 is 16.0 Å². The molecule has 4 aromatic rings. The monoisotopic (exact) mass is 646 g/mol. The second kappa shape index (κ2) is 12.5. The number of fused-ring (bicyclic) bond motifs is 1. The van der Waals surface area contributed by atoms with Gasteiger partial charge in [0.2, 0.25) is 17.6 Å². The normalized spacial score (nSPS) is 17.7. The van der Waals surface area contributed by atoms with E-state index in [0.29, 0.717) is 18.5 Å². The summed E-state index contributed by atoms with van der Waals surface area (Å²) in [6, 6.07) is 0.807. The fraction of sp³-hybridized carbons (Fsp3) is 0.448. The smallest absolute Gasteiger partial charge is 0.376 e. The topological polar surface area (TPSA) is 148 Å². The van der Waals surface area contributed by atoms with Crippen LogP contribution in [0.25, 0.3) is 17.2 Å². The molecular formula is C29H34F4N10O3. The van der Waals surface area contributed by atoms with Crippen molar-refractivity contribution in [1.82, 2.24) is 39.5 Å². The molecule has 5 heterocycles. The predicted molar refractivity (Wildman–Crippen MR) is 160 cm³/mol. The van der Waals surface area contributed by atoms with Crippen molar-refractivity contribution in [3.63, 3.8) is 0 Å². The number of aromatic nitrogens is 6. The van der Waals surface area contributed by atoms with Crippen LogP contribution in [0.5, 0.6) is 0 Å². The molecule has 1 aliphatic rings. The first-order valence-electron chi connectivity index (χ1n) is 14.4. The first-order chi connectivity index (χ1) is 21.6. The van der Waals surface area contributed by atoms with Crippen molar-refractivity contribution in [3.8, 4) is 11.5 Å². The molecule has 3 N–H and O–H groups in total. The van der Waals surface area contributed by atoms with Gasteiger partial charge < -0.3 is 25.4 Å². The number of likely N-dealkylation sites (tertiary alicyclic amines) is 1. The number of pyridine rings is 1. The number of anilines is 2. The van der Waals surface area contributed by atoms with E-state index in [1.807, 2.05) is 25.7 Å². The van der Waals surface area contributed by atoms with Crippen molar-refractivity contribution in [2.45, 2.75) is 64.1 Å². The molecule has 246 valence electrons. The molecule has 17 heteroatoms. The van der Waals surface area contributed by atoms with E-state index < -0.39 is 36.6 Å². The van der Waals surface area contributed by atoms with Gasteiger partial charge in [-0.15, -0.1) is 0 Å². The summed E-state index contributed by atoms with van der Waals surface area (Å²) in [5, 5.41) is 16.3. The van der Waals surface area contributed by atoms with Gasteiger partial charge >= 0.3 is 6.18 Å². The van der Waals surface area contributed by atoms with Crippen LogP contribution >= 0.6 is 0 Å². The van der Waals surface area contributed by atoms with Crippen molar-refractivity contribution in [1.29, 1.82) is 0 Å². The van der Waals surface area contributed by atoms with Crippen LogP contribution in [0.1, 0.15) is 49.1 Å². The highest BCUT2D eigenvalue weighted by atomic mass is 19.4. The van der Waals surface area contributed by atoms with Crippen LogP contribution in [0.4, 0.5) is 28.9 Å². The van der Waals surface area contributed by atoms with E-state index in [1.54, 1.807) is 17.9 Å². The molecule has 1 saturated heterocycles. The summed E-state index contributed by atoms with van der Waals surface area (Å²) in [4.78, 5) is 35.3. The number of nitrogens with zero attached hydrogens (tertiary/aromatic N) is 7. The third-order valence-corrected chi connectivity index (χ3v) is 7.34. The molecule has 0 spiro atoms. The van der Waals surface area contributed by atoms with Gasteiger partial charge in [0.05, 0.1) is 53.4 Å². The second-order valence-corrected chi connectivity index (χ2v) is 12.1. The molecule has 2 atom stereocenters. The first-order valence-corrected chi connectivity index (χ1v) is 14.4. The SMILES string of the molecule is C=CC(=O)Nc1cc(N[C@@H]2CCN(C)C[C@@H]2F)c2nc(-c3noc(CNC(=O)c4cnn(C(C)(C)C)c4)n3)c(CC(F)(F)F)n2c1. The molecule has 0 saturated carbocycles. The summed E-state index contributed by atoms with van der Waals surface area (Å²) in [5.74, 6) is -1.39. The van der Waals surface area contributed by atoms with E-state index in [-0.39, 0.29) is 58.8 Å². The average molecular weight is 647 g/mol. The lowest BCUT2D eigenvalue weighted by Crippen LogP contribution is -2.46. The lowest BCUT2D eigenvalue weighted by molar-refractivity contribution is -0.127. The van der Waals surface area contributed by atoms with Gasteiger partial charge in [-0.1, -0.05) is 11.7 Å². The summed E-state index contributed by atoms with van der Waals surface area (Å²) in [6.07, 6.45) is -1.66. The predicted octanol–water partition coefficient (Wildman–Crippen LogP) is 3.95. The first kappa shape index (κ1) is 32.6. The van der Waals surface area contributed by atoms with E-state index in [4.69, 9.17) is 4.52 Å². The highest BCUT2D eigenvalue weighted by Gasteiger charge is 2.34. The van der Waals surface area contributed by atoms with E-state index in [9.17, 15) is 27.2 Å². The van der Waals surface area contributed by atoms with Crippen LogP contribution in [0, 0.1) is 0 Å². The second-order valence-electron chi connectivity index (χ2n) is 12.1. The van der Waals surface area contributed by atoms with Gasteiger partial charge in [-0.05, 0) is 46.4 Å². The fourth-order valence-electron chi connectivity index (χ4n) is 5.00. The van der Waals surface area contributed by atoms with Crippen LogP contribution in [-0.4, -0.2) is 84.5 Å². The lowest BCUT2D eigenvalue weighted by Gasteiger charge is -2.33. The number of carbonyl (C=O) groups excluding carboxylic acids is 2. The van der Waals surface area contributed by atoms with Crippen molar-refractivity contribution >= 4 is 28.8 Å². The summed E-state index contributed by atoms with van der Waals surface area (Å²) in [7, 11) is 1.79. The van der Waals surface area contributed by atoms with Crippen molar-refractivity contribution in [2.24, 2.45) is 0 Å². The molecule has 0 radical (unpaired) electrons. The van der Waals surface area contributed by atoms with Gasteiger partial charge in [0.1, 0.15) is 11.9 Å². The molecule has 2 amide bonds. The Balaban J connectivity index is 1.49. The number of carbonyl (C=O) groups is 2. The van der Waals surface area contributed by atoms with Crippen LogP contribution in [0.15, 0.2) is 41.8 Å². The minimum absolute atomic E-state index is 0.0347. The zero-order chi connectivity index (χ0) is 33.4. The average Bonchev–Trinajstić information content (AvgIpc) is 3.72. The molecule has 4 aromatic heterocycles. The third kappa shape index (κ3) is 7.35. The zero-order valence-electron chi connectivity index (χ0n) is 25.7. The minimum Gasteiger partial charge on any atom is -0.376 e. The molecule has 13 nitrogen and oxygen atoms in total. The van der Waals surface area contributed by atoms with Gasteiger partial charge in [0.25, 0.3) is 5.91 Å². The van der Waals surface area contributed by atoms with Gasteiger partial charge in [0, 0.05) is 25.5 Å². The van der Waals surface area contributed by atoms with E-state index in [2.05, 4.69) is 42.8 Å². The molecule has 0 bridgehead atoms.